The van der Waals surface area contributed by atoms with E-state index in [9.17, 15) is 9.59 Å². The summed E-state index contributed by atoms with van der Waals surface area (Å²) in [7, 11) is 0. The van der Waals surface area contributed by atoms with Crippen molar-refractivity contribution < 1.29 is 14.3 Å². The van der Waals surface area contributed by atoms with E-state index in [1.165, 1.54) is 0 Å². The van der Waals surface area contributed by atoms with Crippen molar-refractivity contribution >= 4 is 11.8 Å². The number of nitrogens with one attached hydrogen (secondary N) is 1. The van der Waals surface area contributed by atoms with Crippen LogP contribution in [0.4, 0.5) is 0 Å². The van der Waals surface area contributed by atoms with Crippen LogP contribution in [-0.4, -0.2) is 49.1 Å². The Hall–Kier alpha value is -1.36. The van der Waals surface area contributed by atoms with Crippen LogP contribution in [0.15, 0.2) is 12.7 Å². The number of nitrogens with zero attached hydrogens (tertiary/aromatic N) is 1. The quantitative estimate of drug-likeness (QED) is 0.512. The summed E-state index contributed by atoms with van der Waals surface area (Å²) in [6.07, 6.45) is 4.16. The zero-order valence-electron chi connectivity index (χ0n) is 11.0. The van der Waals surface area contributed by atoms with Crippen LogP contribution >= 0.6 is 0 Å². The second-order valence-corrected chi connectivity index (χ2v) is 4.36. The lowest BCUT2D eigenvalue weighted by atomic mass is 10.1. The summed E-state index contributed by atoms with van der Waals surface area (Å²) in [6, 6.07) is -0.357. The van der Waals surface area contributed by atoms with Crippen LogP contribution in [0, 0.1) is 0 Å². The van der Waals surface area contributed by atoms with E-state index in [0.29, 0.717) is 26.2 Å². The molecule has 0 aliphatic carbocycles. The molecule has 0 bridgehead atoms. The van der Waals surface area contributed by atoms with Crippen molar-refractivity contribution in [2.24, 2.45) is 0 Å². The maximum atomic E-state index is 12.0. The van der Waals surface area contributed by atoms with Crippen molar-refractivity contribution in [1.82, 2.24) is 10.2 Å². The molecule has 1 aliphatic heterocycles. The highest BCUT2D eigenvalue weighted by atomic mass is 16.5. The standard InChI is InChI=1S/C13H22N2O3/c1-3-5-8-18-9-7-15-10-12(16)14-11(6-4-2)13(15)17/h3,11H,1,4-10H2,2H3,(H,14,16). The van der Waals surface area contributed by atoms with Gasteiger partial charge in [-0.2, -0.15) is 0 Å². The Balaban J connectivity index is 2.36. The van der Waals surface area contributed by atoms with Gasteiger partial charge in [-0.05, 0) is 12.8 Å². The van der Waals surface area contributed by atoms with Gasteiger partial charge in [0.15, 0.2) is 0 Å². The summed E-state index contributed by atoms with van der Waals surface area (Å²) < 4.78 is 5.36. The van der Waals surface area contributed by atoms with Gasteiger partial charge in [-0.1, -0.05) is 19.4 Å². The van der Waals surface area contributed by atoms with E-state index in [-0.39, 0.29) is 24.4 Å². The molecule has 0 aromatic rings. The van der Waals surface area contributed by atoms with Crippen molar-refractivity contribution in [1.29, 1.82) is 0 Å². The number of rotatable bonds is 8. The van der Waals surface area contributed by atoms with E-state index in [1.807, 2.05) is 6.92 Å². The Labute approximate surface area is 108 Å². The van der Waals surface area contributed by atoms with Gasteiger partial charge in [0.05, 0.1) is 19.8 Å². The van der Waals surface area contributed by atoms with Gasteiger partial charge < -0.3 is 15.0 Å². The highest BCUT2D eigenvalue weighted by Crippen LogP contribution is 2.07. The van der Waals surface area contributed by atoms with Gasteiger partial charge in [-0.15, -0.1) is 6.58 Å². The molecule has 1 fully saturated rings. The minimum atomic E-state index is -0.357. The summed E-state index contributed by atoms with van der Waals surface area (Å²) in [5, 5.41) is 2.72. The second kappa shape index (κ2) is 7.87. The van der Waals surface area contributed by atoms with E-state index in [0.717, 1.165) is 12.8 Å². The van der Waals surface area contributed by atoms with Crippen LogP contribution in [0.1, 0.15) is 26.2 Å². The van der Waals surface area contributed by atoms with Gasteiger partial charge in [0.25, 0.3) is 0 Å². The molecular weight excluding hydrogens is 232 g/mol. The summed E-state index contributed by atoms with van der Waals surface area (Å²) in [5.41, 5.74) is 0. The molecule has 5 nitrogen and oxygen atoms in total. The van der Waals surface area contributed by atoms with Crippen LogP contribution in [-0.2, 0) is 14.3 Å². The van der Waals surface area contributed by atoms with Crippen LogP contribution in [0.5, 0.6) is 0 Å². The first-order valence-corrected chi connectivity index (χ1v) is 6.45. The average molecular weight is 254 g/mol. The highest BCUT2D eigenvalue weighted by Gasteiger charge is 2.31. The van der Waals surface area contributed by atoms with Gasteiger partial charge >= 0.3 is 0 Å². The number of carbonyl (C=O) groups is 2. The summed E-state index contributed by atoms with van der Waals surface area (Å²) in [4.78, 5) is 25.1. The summed E-state index contributed by atoms with van der Waals surface area (Å²) in [5.74, 6) is -0.0806. The third-order valence-corrected chi connectivity index (χ3v) is 2.83. The molecule has 1 saturated heterocycles. The molecule has 102 valence electrons. The summed E-state index contributed by atoms with van der Waals surface area (Å²) >= 11 is 0. The molecule has 0 spiro atoms. The van der Waals surface area contributed by atoms with Crippen molar-refractivity contribution in [3.63, 3.8) is 0 Å². The lowest BCUT2D eigenvalue weighted by Crippen LogP contribution is -2.58. The first kappa shape index (κ1) is 14.7. The van der Waals surface area contributed by atoms with Crippen LogP contribution in [0.25, 0.3) is 0 Å². The van der Waals surface area contributed by atoms with Gasteiger partial charge in [-0.3, -0.25) is 9.59 Å². The van der Waals surface area contributed by atoms with E-state index in [4.69, 9.17) is 4.74 Å². The third-order valence-electron chi connectivity index (χ3n) is 2.83. The van der Waals surface area contributed by atoms with Crippen LogP contribution in [0.2, 0.25) is 0 Å². The minimum Gasteiger partial charge on any atom is -0.379 e. The minimum absolute atomic E-state index is 0.00349. The third kappa shape index (κ3) is 4.49. The molecule has 0 radical (unpaired) electrons. The fraction of sp³-hybridized carbons (Fsp3) is 0.692. The predicted molar refractivity (Wildman–Crippen MR) is 69.1 cm³/mol. The smallest absolute Gasteiger partial charge is 0.245 e. The molecule has 0 aromatic heterocycles. The van der Waals surface area contributed by atoms with Gasteiger partial charge in [0, 0.05) is 6.54 Å². The normalized spacial score (nSPS) is 19.8. The highest BCUT2D eigenvalue weighted by molar-refractivity contribution is 5.94. The number of amides is 2. The zero-order valence-corrected chi connectivity index (χ0v) is 11.0. The Kier molecular flexibility index (Phi) is 6.43. The van der Waals surface area contributed by atoms with Gasteiger partial charge in [-0.25, -0.2) is 0 Å². The Bertz CT molecular complexity index is 305. The molecule has 0 aromatic carbocycles. The van der Waals surface area contributed by atoms with Crippen molar-refractivity contribution in [3.05, 3.63) is 12.7 Å². The number of carbonyl (C=O) groups excluding carboxylic acids is 2. The molecule has 18 heavy (non-hydrogen) atoms. The van der Waals surface area contributed by atoms with Crippen LogP contribution in [0.3, 0.4) is 0 Å². The van der Waals surface area contributed by atoms with E-state index in [2.05, 4.69) is 11.9 Å². The fourth-order valence-corrected chi connectivity index (χ4v) is 1.89. The molecule has 2 amide bonds. The SMILES string of the molecule is C=CCCOCCN1CC(=O)NC(CCC)C1=O. The molecular formula is C13H22N2O3. The maximum Gasteiger partial charge on any atom is 0.245 e. The summed E-state index contributed by atoms with van der Waals surface area (Å²) in [6.45, 7) is 7.29. The lowest BCUT2D eigenvalue weighted by molar-refractivity contribution is -0.145. The van der Waals surface area contributed by atoms with Gasteiger partial charge in [0.1, 0.15) is 6.04 Å². The Morgan fingerprint density at radius 2 is 2.28 bits per heavy atom. The largest absolute Gasteiger partial charge is 0.379 e. The zero-order chi connectivity index (χ0) is 13.4. The molecule has 1 heterocycles. The molecule has 1 atom stereocenters. The average Bonchev–Trinajstić information content (AvgIpc) is 2.34. The molecule has 5 heteroatoms. The van der Waals surface area contributed by atoms with Crippen LogP contribution < -0.4 is 5.32 Å². The number of ether oxygens (including phenoxy) is 1. The first-order chi connectivity index (χ1) is 8.69. The number of hydrogen-bond donors (Lipinski definition) is 1. The Morgan fingerprint density at radius 3 is 2.94 bits per heavy atom. The predicted octanol–water partition coefficient (Wildman–Crippen LogP) is 0.706. The van der Waals surface area contributed by atoms with E-state index < -0.39 is 0 Å². The molecule has 1 rings (SSSR count). The van der Waals surface area contributed by atoms with E-state index in [1.54, 1.807) is 11.0 Å². The maximum absolute atomic E-state index is 12.0. The molecule has 0 saturated carbocycles. The number of hydrogen-bond acceptors (Lipinski definition) is 3. The fourth-order valence-electron chi connectivity index (χ4n) is 1.89. The second-order valence-electron chi connectivity index (χ2n) is 4.36. The topological polar surface area (TPSA) is 58.6 Å². The number of piperazine rings is 1. The Morgan fingerprint density at radius 1 is 1.50 bits per heavy atom. The van der Waals surface area contributed by atoms with Crippen molar-refractivity contribution in [3.8, 4) is 0 Å². The molecule has 1 aliphatic rings. The monoisotopic (exact) mass is 254 g/mol. The lowest BCUT2D eigenvalue weighted by Gasteiger charge is -2.32. The van der Waals surface area contributed by atoms with Crippen molar-refractivity contribution in [2.75, 3.05) is 26.3 Å². The van der Waals surface area contributed by atoms with E-state index >= 15 is 0 Å². The molecule has 1 N–H and O–H groups in total. The van der Waals surface area contributed by atoms with Gasteiger partial charge in [0.2, 0.25) is 11.8 Å². The first-order valence-electron chi connectivity index (χ1n) is 6.45. The van der Waals surface area contributed by atoms with Crippen molar-refractivity contribution in [2.45, 2.75) is 32.2 Å². The molecule has 1 unspecified atom stereocenters.